The molecule has 0 fully saturated rings. The van der Waals surface area contributed by atoms with Crippen LogP contribution in [0.2, 0.25) is 0 Å². The summed E-state index contributed by atoms with van der Waals surface area (Å²) in [7, 11) is 1.44. The quantitative estimate of drug-likeness (QED) is 0.785. The van der Waals surface area contributed by atoms with E-state index >= 15 is 0 Å². The van der Waals surface area contributed by atoms with Crippen LogP contribution in [-0.4, -0.2) is 19.1 Å². The topological polar surface area (TPSA) is 38.3 Å². The van der Waals surface area contributed by atoms with Gasteiger partial charge in [0, 0.05) is 5.69 Å². The monoisotopic (exact) mass is 249 g/mol. The summed E-state index contributed by atoms with van der Waals surface area (Å²) < 4.78 is 4.89. The third-order valence-corrected chi connectivity index (χ3v) is 3.35. The average Bonchev–Trinajstić information content (AvgIpc) is 2.40. The third-order valence-electron chi connectivity index (χ3n) is 3.35. The van der Waals surface area contributed by atoms with E-state index in [0.29, 0.717) is 5.92 Å². The number of rotatable bonds is 6. The number of hydrogen-bond acceptors (Lipinski definition) is 3. The van der Waals surface area contributed by atoms with Crippen molar-refractivity contribution in [2.45, 2.75) is 39.7 Å². The van der Waals surface area contributed by atoms with Crippen LogP contribution in [0.4, 0.5) is 5.69 Å². The SMILES string of the molecule is CCC(CC)C(Nc1ccc(C)cc1)C(=O)OC. The van der Waals surface area contributed by atoms with Gasteiger partial charge in [0.05, 0.1) is 7.11 Å². The number of benzene rings is 1. The molecule has 1 unspecified atom stereocenters. The van der Waals surface area contributed by atoms with Crippen LogP contribution in [0, 0.1) is 12.8 Å². The van der Waals surface area contributed by atoms with E-state index < -0.39 is 0 Å². The van der Waals surface area contributed by atoms with E-state index in [2.05, 4.69) is 19.2 Å². The molecule has 3 heteroatoms. The van der Waals surface area contributed by atoms with Gasteiger partial charge < -0.3 is 10.1 Å². The fourth-order valence-electron chi connectivity index (χ4n) is 2.09. The fourth-order valence-corrected chi connectivity index (χ4v) is 2.09. The molecule has 0 bridgehead atoms. The third kappa shape index (κ3) is 3.76. The summed E-state index contributed by atoms with van der Waals surface area (Å²) in [6, 6.07) is 7.78. The maximum atomic E-state index is 11.9. The molecule has 0 aromatic heterocycles. The van der Waals surface area contributed by atoms with Crippen LogP contribution in [0.1, 0.15) is 32.3 Å². The highest BCUT2D eigenvalue weighted by atomic mass is 16.5. The lowest BCUT2D eigenvalue weighted by molar-refractivity contribution is -0.142. The van der Waals surface area contributed by atoms with Gasteiger partial charge in [-0.05, 0) is 25.0 Å². The number of carbonyl (C=O) groups is 1. The van der Waals surface area contributed by atoms with E-state index in [1.807, 2.05) is 31.2 Å². The van der Waals surface area contributed by atoms with Crippen LogP contribution >= 0.6 is 0 Å². The van der Waals surface area contributed by atoms with E-state index in [9.17, 15) is 4.79 Å². The number of anilines is 1. The lowest BCUT2D eigenvalue weighted by atomic mass is 9.94. The molecular formula is C15H23NO2. The Bertz CT molecular complexity index is 369. The normalized spacial score (nSPS) is 12.3. The molecule has 0 aliphatic carbocycles. The first-order valence-corrected chi connectivity index (χ1v) is 6.53. The maximum Gasteiger partial charge on any atom is 0.328 e. The Balaban J connectivity index is 2.84. The Kier molecular flexibility index (Phi) is 5.69. The summed E-state index contributed by atoms with van der Waals surface area (Å²) in [5, 5.41) is 3.28. The first-order chi connectivity index (χ1) is 8.62. The molecule has 1 N–H and O–H groups in total. The Labute approximate surface area is 110 Å². The van der Waals surface area contributed by atoms with Crippen LogP contribution in [0.5, 0.6) is 0 Å². The average molecular weight is 249 g/mol. The van der Waals surface area contributed by atoms with Gasteiger partial charge in [0.25, 0.3) is 0 Å². The molecule has 100 valence electrons. The van der Waals surface area contributed by atoms with Crippen LogP contribution in [0.25, 0.3) is 0 Å². The van der Waals surface area contributed by atoms with Crippen molar-refractivity contribution in [2.24, 2.45) is 5.92 Å². The predicted octanol–water partition coefficient (Wildman–Crippen LogP) is 3.38. The molecule has 1 aromatic rings. The number of methoxy groups -OCH3 is 1. The van der Waals surface area contributed by atoms with Crippen molar-refractivity contribution < 1.29 is 9.53 Å². The molecule has 0 amide bonds. The summed E-state index contributed by atoms with van der Waals surface area (Å²) in [4.78, 5) is 11.9. The standard InChI is InChI=1S/C15H23NO2/c1-5-12(6-2)14(15(17)18-4)16-13-9-7-11(3)8-10-13/h7-10,12,14,16H,5-6H2,1-4H3. The highest BCUT2D eigenvalue weighted by Crippen LogP contribution is 2.19. The number of nitrogens with one attached hydrogen (secondary N) is 1. The highest BCUT2D eigenvalue weighted by Gasteiger charge is 2.26. The Morgan fingerprint density at radius 2 is 1.78 bits per heavy atom. The lowest BCUT2D eigenvalue weighted by Gasteiger charge is -2.25. The summed E-state index contributed by atoms with van der Waals surface area (Å²) in [6.45, 7) is 6.24. The molecule has 0 radical (unpaired) electrons. The molecule has 1 aromatic carbocycles. The minimum absolute atomic E-state index is 0.190. The molecular weight excluding hydrogens is 226 g/mol. The minimum atomic E-state index is -0.271. The largest absolute Gasteiger partial charge is 0.467 e. The van der Waals surface area contributed by atoms with Crippen molar-refractivity contribution in [1.82, 2.24) is 0 Å². The van der Waals surface area contributed by atoms with Gasteiger partial charge in [-0.1, -0.05) is 44.4 Å². The van der Waals surface area contributed by atoms with Crippen molar-refractivity contribution >= 4 is 11.7 Å². The molecule has 0 saturated heterocycles. The van der Waals surface area contributed by atoms with Crippen molar-refractivity contribution in [3.05, 3.63) is 29.8 Å². The molecule has 1 atom stereocenters. The molecule has 0 aliphatic rings. The van der Waals surface area contributed by atoms with Gasteiger partial charge in [-0.15, -0.1) is 0 Å². The van der Waals surface area contributed by atoms with E-state index in [1.54, 1.807) is 0 Å². The van der Waals surface area contributed by atoms with Crippen LogP contribution in [0.3, 0.4) is 0 Å². The highest BCUT2D eigenvalue weighted by molar-refractivity contribution is 5.79. The smallest absolute Gasteiger partial charge is 0.328 e. The van der Waals surface area contributed by atoms with Gasteiger partial charge in [-0.2, -0.15) is 0 Å². The minimum Gasteiger partial charge on any atom is -0.467 e. The molecule has 18 heavy (non-hydrogen) atoms. The van der Waals surface area contributed by atoms with Gasteiger partial charge in [0.15, 0.2) is 0 Å². The van der Waals surface area contributed by atoms with Gasteiger partial charge in [0.2, 0.25) is 0 Å². The predicted molar refractivity (Wildman–Crippen MR) is 74.7 cm³/mol. The van der Waals surface area contributed by atoms with Crippen molar-refractivity contribution in [1.29, 1.82) is 0 Å². The Hall–Kier alpha value is -1.51. The van der Waals surface area contributed by atoms with E-state index in [-0.39, 0.29) is 12.0 Å². The second kappa shape index (κ2) is 7.04. The molecule has 0 heterocycles. The number of aryl methyl sites for hydroxylation is 1. The van der Waals surface area contributed by atoms with Crippen molar-refractivity contribution in [2.75, 3.05) is 12.4 Å². The van der Waals surface area contributed by atoms with Gasteiger partial charge in [-0.25, -0.2) is 4.79 Å². The zero-order valence-electron chi connectivity index (χ0n) is 11.7. The fraction of sp³-hybridized carbons (Fsp3) is 0.533. The maximum absolute atomic E-state index is 11.9. The molecule has 0 aliphatic heterocycles. The van der Waals surface area contributed by atoms with Crippen LogP contribution in [-0.2, 0) is 9.53 Å². The van der Waals surface area contributed by atoms with E-state index in [0.717, 1.165) is 18.5 Å². The van der Waals surface area contributed by atoms with E-state index in [1.165, 1.54) is 12.7 Å². The zero-order valence-corrected chi connectivity index (χ0v) is 11.7. The molecule has 3 nitrogen and oxygen atoms in total. The Morgan fingerprint density at radius 3 is 2.22 bits per heavy atom. The summed E-state index contributed by atoms with van der Waals surface area (Å²) >= 11 is 0. The number of hydrogen-bond donors (Lipinski definition) is 1. The number of ether oxygens (including phenoxy) is 1. The molecule has 0 saturated carbocycles. The van der Waals surface area contributed by atoms with Gasteiger partial charge >= 0.3 is 5.97 Å². The van der Waals surface area contributed by atoms with E-state index in [4.69, 9.17) is 4.74 Å². The Morgan fingerprint density at radius 1 is 1.22 bits per heavy atom. The molecule has 1 rings (SSSR count). The summed E-state index contributed by atoms with van der Waals surface area (Å²) in [6.07, 6.45) is 1.91. The number of esters is 1. The van der Waals surface area contributed by atoms with Crippen LogP contribution in [0.15, 0.2) is 24.3 Å². The second-order valence-corrected chi connectivity index (χ2v) is 4.59. The van der Waals surface area contributed by atoms with Gasteiger partial charge in [-0.3, -0.25) is 0 Å². The zero-order chi connectivity index (χ0) is 13.5. The van der Waals surface area contributed by atoms with Gasteiger partial charge in [0.1, 0.15) is 6.04 Å². The molecule has 0 spiro atoms. The lowest BCUT2D eigenvalue weighted by Crippen LogP contribution is -2.37. The summed E-state index contributed by atoms with van der Waals surface area (Å²) in [5.41, 5.74) is 2.17. The number of carbonyl (C=O) groups excluding carboxylic acids is 1. The first-order valence-electron chi connectivity index (χ1n) is 6.53. The second-order valence-electron chi connectivity index (χ2n) is 4.59. The van der Waals surface area contributed by atoms with Crippen molar-refractivity contribution in [3.8, 4) is 0 Å². The van der Waals surface area contributed by atoms with Crippen molar-refractivity contribution in [3.63, 3.8) is 0 Å². The summed E-state index contributed by atoms with van der Waals surface area (Å²) in [5.74, 6) is 0.100. The van der Waals surface area contributed by atoms with Crippen LogP contribution < -0.4 is 5.32 Å². The first kappa shape index (κ1) is 14.6.